The number of rotatable bonds is 3. The summed E-state index contributed by atoms with van der Waals surface area (Å²) in [6.07, 6.45) is -2.05. The fraction of sp³-hybridized carbons (Fsp3) is 0.333. The highest BCUT2D eigenvalue weighted by Gasteiger charge is 2.20. The molecule has 0 N–H and O–H groups in total. The van der Waals surface area contributed by atoms with E-state index in [9.17, 15) is 13.6 Å². The van der Waals surface area contributed by atoms with Crippen LogP contribution >= 0.6 is 23.2 Å². The molecule has 0 aliphatic rings. The SMILES string of the molecule is COC(=O)Cc1c(Cl)cnc(C(F)F)c1Cl. The number of hydrogen-bond donors (Lipinski definition) is 0. The molecule has 0 aliphatic carbocycles. The summed E-state index contributed by atoms with van der Waals surface area (Å²) in [5, 5.41) is -0.243. The molecule has 1 heterocycles. The maximum absolute atomic E-state index is 12.5. The fourth-order valence-corrected chi connectivity index (χ4v) is 1.61. The number of pyridine rings is 1. The van der Waals surface area contributed by atoms with Crippen LogP contribution in [0.15, 0.2) is 6.20 Å². The molecular formula is C9H7Cl2F2NO2. The molecule has 7 heteroatoms. The van der Waals surface area contributed by atoms with Crippen LogP contribution in [0.5, 0.6) is 0 Å². The van der Waals surface area contributed by atoms with Gasteiger partial charge in [0.2, 0.25) is 0 Å². The molecule has 0 unspecified atom stereocenters. The highest BCUT2D eigenvalue weighted by atomic mass is 35.5. The second-order valence-electron chi connectivity index (χ2n) is 2.84. The lowest BCUT2D eigenvalue weighted by atomic mass is 10.1. The monoisotopic (exact) mass is 269 g/mol. The number of halogens is 4. The number of alkyl halides is 2. The third kappa shape index (κ3) is 2.80. The number of ether oxygens (including phenoxy) is 1. The first-order chi connectivity index (χ1) is 7.47. The first-order valence-corrected chi connectivity index (χ1v) is 4.90. The third-order valence-corrected chi connectivity index (χ3v) is 2.60. The van der Waals surface area contributed by atoms with Crippen molar-refractivity contribution in [3.8, 4) is 0 Å². The van der Waals surface area contributed by atoms with E-state index in [1.54, 1.807) is 0 Å². The van der Waals surface area contributed by atoms with Gasteiger partial charge in [0.1, 0.15) is 5.69 Å². The predicted octanol–water partition coefficient (Wildman–Crippen LogP) is 3.04. The van der Waals surface area contributed by atoms with Crippen LogP contribution in [0.3, 0.4) is 0 Å². The van der Waals surface area contributed by atoms with E-state index in [2.05, 4.69) is 9.72 Å². The third-order valence-electron chi connectivity index (χ3n) is 1.85. The Morgan fingerprint density at radius 2 is 2.19 bits per heavy atom. The lowest BCUT2D eigenvalue weighted by Gasteiger charge is -2.09. The van der Waals surface area contributed by atoms with E-state index in [0.29, 0.717) is 0 Å². The Morgan fingerprint density at radius 1 is 1.56 bits per heavy atom. The molecule has 0 fully saturated rings. The molecular weight excluding hydrogens is 263 g/mol. The first kappa shape index (κ1) is 13.1. The lowest BCUT2D eigenvalue weighted by molar-refractivity contribution is -0.139. The molecule has 1 aromatic heterocycles. The number of methoxy groups -OCH3 is 1. The Hall–Kier alpha value is -0.940. The van der Waals surface area contributed by atoms with E-state index in [1.165, 1.54) is 7.11 Å². The number of carbonyl (C=O) groups excluding carboxylic acids is 1. The van der Waals surface area contributed by atoms with Crippen molar-refractivity contribution in [2.24, 2.45) is 0 Å². The molecule has 0 bridgehead atoms. The number of hydrogen-bond acceptors (Lipinski definition) is 3. The highest BCUT2D eigenvalue weighted by molar-refractivity contribution is 6.36. The minimum Gasteiger partial charge on any atom is -0.469 e. The number of esters is 1. The zero-order chi connectivity index (χ0) is 12.3. The van der Waals surface area contributed by atoms with Gasteiger partial charge in [-0.15, -0.1) is 0 Å². The summed E-state index contributed by atoms with van der Waals surface area (Å²) in [5.74, 6) is -0.616. The van der Waals surface area contributed by atoms with Crippen molar-refractivity contribution in [1.82, 2.24) is 4.98 Å². The van der Waals surface area contributed by atoms with Crippen LogP contribution in [-0.2, 0) is 16.0 Å². The van der Waals surface area contributed by atoms with Gasteiger partial charge in [0, 0.05) is 11.8 Å². The predicted molar refractivity (Wildman–Crippen MR) is 54.9 cm³/mol. The minimum atomic E-state index is -2.82. The Bertz CT molecular complexity index is 413. The average Bonchev–Trinajstić information content (AvgIpc) is 2.23. The standard InChI is InChI=1S/C9H7Cl2F2NO2/c1-16-6(15)2-4-5(10)3-14-8(7(4)11)9(12)13/h3,9H,2H2,1H3. The van der Waals surface area contributed by atoms with Crippen molar-refractivity contribution in [3.05, 3.63) is 27.5 Å². The van der Waals surface area contributed by atoms with Crippen LogP contribution < -0.4 is 0 Å². The maximum atomic E-state index is 12.5. The average molecular weight is 270 g/mol. The van der Waals surface area contributed by atoms with E-state index in [4.69, 9.17) is 23.2 Å². The summed E-state index contributed by atoms with van der Waals surface area (Å²) >= 11 is 11.4. The fourth-order valence-electron chi connectivity index (χ4n) is 1.05. The number of nitrogens with zero attached hydrogens (tertiary/aromatic N) is 1. The van der Waals surface area contributed by atoms with Crippen molar-refractivity contribution in [1.29, 1.82) is 0 Å². The van der Waals surface area contributed by atoms with E-state index in [-0.39, 0.29) is 22.0 Å². The van der Waals surface area contributed by atoms with E-state index < -0.39 is 18.1 Å². The quantitative estimate of drug-likeness (QED) is 0.792. The minimum absolute atomic E-state index is 0.0554. The van der Waals surface area contributed by atoms with Crippen LogP contribution in [0.1, 0.15) is 17.7 Å². The molecule has 1 rings (SSSR count). The van der Waals surface area contributed by atoms with Gasteiger partial charge >= 0.3 is 5.97 Å². The Kier molecular flexibility index (Phi) is 4.44. The van der Waals surface area contributed by atoms with Gasteiger partial charge in [0.15, 0.2) is 0 Å². The van der Waals surface area contributed by atoms with Gasteiger partial charge in [-0.3, -0.25) is 9.78 Å². The molecule has 1 aromatic rings. The summed E-state index contributed by atoms with van der Waals surface area (Å²) in [7, 11) is 1.18. The molecule has 3 nitrogen and oxygen atoms in total. The van der Waals surface area contributed by atoms with Crippen molar-refractivity contribution in [2.75, 3.05) is 7.11 Å². The van der Waals surface area contributed by atoms with Gasteiger partial charge in [0.25, 0.3) is 6.43 Å². The largest absolute Gasteiger partial charge is 0.469 e. The van der Waals surface area contributed by atoms with Crippen molar-refractivity contribution >= 4 is 29.2 Å². The second-order valence-corrected chi connectivity index (χ2v) is 3.62. The van der Waals surface area contributed by atoms with E-state index >= 15 is 0 Å². The van der Waals surface area contributed by atoms with Crippen molar-refractivity contribution in [3.63, 3.8) is 0 Å². The molecule has 88 valence electrons. The zero-order valence-corrected chi connectivity index (χ0v) is 9.65. The van der Waals surface area contributed by atoms with Gasteiger partial charge in [-0.05, 0) is 0 Å². The second kappa shape index (κ2) is 5.41. The zero-order valence-electron chi connectivity index (χ0n) is 8.14. The molecule has 0 amide bonds. The number of aromatic nitrogens is 1. The molecule has 0 aromatic carbocycles. The van der Waals surface area contributed by atoms with Gasteiger partial charge in [-0.25, -0.2) is 8.78 Å². The molecule has 0 atom stereocenters. The van der Waals surface area contributed by atoms with Crippen LogP contribution in [0, 0.1) is 0 Å². The Labute approximate surface area is 100 Å². The van der Waals surface area contributed by atoms with Gasteiger partial charge in [-0.2, -0.15) is 0 Å². The maximum Gasteiger partial charge on any atom is 0.310 e. The van der Waals surface area contributed by atoms with Gasteiger partial charge in [-0.1, -0.05) is 23.2 Å². The van der Waals surface area contributed by atoms with Crippen molar-refractivity contribution in [2.45, 2.75) is 12.8 Å². The highest BCUT2D eigenvalue weighted by Crippen LogP contribution is 2.32. The summed E-state index contributed by atoms with van der Waals surface area (Å²) in [4.78, 5) is 14.4. The smallest absolute Gasteiger partial charge is 0.310 e. The summed E-state index contributed by atoms with van der Waals surface area (Å²) < 4.78 is 29.3. The lowest BCUT2D eigenvalue weighted by Crippen LogP contribution is -2.07. The normalized spacial score (nSPS) is 10.6. The summed E-state index contributed by atoms with van der Waals surface area (Å²) in [6, 6.07) is 0. The van der Waals surface area contributed by atoms with Crippen molar-refractivity contribution < 1.29 is 18.3 Å². The summed E-state index contributed by atoms with van der Waals surface area (Å²) in [6.45, 7) is 0. The Balaban J connectivity index is 3.16. The molecule has 0 saturated heterocycles. The van der Waals surface area contributed by atoms with E-state index in [1.807, 2.05) is 0 Å². The van der Waals surface area contributed by atoms with Crippen LogP contribution in [0.25, 0.3) is 0 Å². The topological polar surface area (TPSA) is 39.2 Å². The molecule has 0 saturated carbocycles. The Morgan fingerprint density at radius 3 is 2.69 bits per heavy atom. The molecule has 0 spiro atoms. The van der Waals surface area contributed by atoms with Crippen LogP contribution in [0.2, 0.25) is 10.0 Å². The van der Waals surface area contributed by atoms with Gasteiger partial charge in [0.05, 0.1) is 23.6 Å². The summed E-state index contributed by atoms with van der Waals surface area (Å²) in [5.41, 5.74) is -0.495. The number of carbonyl (C=O) groups is 1. The van der Waals surface area contributed by atoms with Crippen LogP contribution in [-0.4, -0.2) is 18.1 Å². The van der Waals surface area contributed by atoms with Crippen LogP contribution in [0.4, 0.5) is 8.78 Å². The molecule has 0 radical (unpaired) electrons. The molecule has 16 heavy (non-hydrogen) atoms. The molecule has 0 aliphatic heterocycles. The van der Waals surface area contributed by atoms with Gasteiger partial charge < -0.3 is 4.74 Å². The van der Waals surface area contributed by atoms with E-state index in [0.717, 1.165) is 6.20 Å². The first-order valence-electron chi connectivity index (χ1n) is 4.15.